The number of halogens is 1. The zero-order valence-corrected chi connectivity index (χ0v) is 9.56. The van der Waals surface area contributed by atoms with E-state index in [1.807, 2.05) is 13.8 Å². The summed E-state index contributed by atoms with van der Waals surface area (Å²) in [5.74, 6) is 0.591. The predicted molar refractivity (Wildman–Crippen MR) is 56.5 cm³/mol. The molecule has 14 heavy (non-hydrogen) atoms. The SMILES string of the molecule is CC(C)OCC(=O)NCC1(CCl)CC1. The van der Waals surface area contributed by atoms with Crippen molar-refractivity contribution >= 4 is 17.5 Å². The first-order chi connectivity index (χ1) is 6.58. The first-order valence-electron chi connectivity index (χ1n) is 5.02. The minimum Gasteiger partial charge on any atom is -0.369 e. The van der Waals surface area contributed by atoms with E-state index >= 15 is 0 Å². The normalized spacial score (nSPS) is 18.3. The molecule has 0 unspecified atom stereocenters. The van der Waals surface area contributed by atoms with Gasteiger partial charge in [0.05, 0.1) is 6.10 Å². The molecule has 0 aromatic carbocycles. The Hall–Kier alpha value is -0.280. The molecule has 82 valence electrons. The fourth-order valence-corrected chi connectivity index (χ4v) is 1.48. The second-order valence-corrected chi connectivity index (χ2v) is 4.54. The molecule has 0 aromatic rings. The minimum atomic E-state index is -0.0462. The number of rotatable bonds is 6. The first kappa shape index (κ1) is 11.8. The average Bonchev–Trinajstić information content (AvgIpc) is 2.92. The lowest BCUT2D eigenvalue weighted by molar-refractivity contribution is -0.127. The van der Waals surface area contributed by atoms with Crippen LogP contribution >= 0.6 is 11.6 Å². The van der Waals surface area contributed by atoms with Crippen molar-refractivity contribution in [2.75, 3.05) is 19.0 Å². The fourth-order valence-electron chi connectivity index (χ4n) is 1.11. The van der Waals surface area contributed by atoms with Crippen molar-refractivity contribution in [3.63, 3.8) is 0 Å². The Balaban J connectivity index is 2.09. The molecule has 0 atom stereocenters. The molecule has 4 heteroatoms. The molecule has 1 aliphatic carbocycles. The summed E-state index contributed by atoms with van der Waals surface area (Å²) in [4.78, 5) is 11.3. The number of hydrogen-bond donors (Lipinski definition) is 1. The van der Waals surface area contributed by atoms with E-state index < -0.39 is 0 Å². The van der Waals surface area contributed by atoms with Crippen LogP contribution in [0.4, 0.5) is 0 Å². The van der Waals surface area contributed by atoms with Crippen LogP contribution in [-0.2, 0) is 9.53 Å². The standard InChI is InChI=1S/C10H18ClNO2/c1-8(2)14-5-9(13)12-7-10(6-11)3-4-10/h8H,3-7H2,1-2H3,(H,12,13). The summed E-state index contributed by atoms with van der Waals surface area (Å²) in [6, 6.07) is 0. The molecule has 1 saturated carbocycles. The van der Waals surface area contributed by atoms with Crippen LogP contribution in [0.1, 0.15) is 26.7 Å². The Morgan fingerprint density at radius 2 is 2.21 bits per heavy atom. The van der Waals surface area contributed by atoms with Crippen molar-refractivity contribution in [2.45, 2.75) is 32.8 Å². The van der Waals surface area contributed by atoms with Gasteiger partial charge in [0.1, 0.15) is 6.61 Å². The number of carbonyl (C=O) groups is 1. The first-order valence-corrected chi connectivity index (χ1v) is 5.56. The summed E-state index contributed by atoms with van der Waals surface area (Å²) in [5, 5.41) is 2.84. The van der Waals surface area contributed by atoms with Crippen molar-refractivity contribution in [1.29, 1.82) is 0 Å². The fraction of sp³-hybridized carbons (Fsp3) is 0.900. The van der Waals surface area contributed by atoms with Crippen molar-refractivity contribution in [3.8, 4) is 0 Å². The van der Waals surface area contributed by atoms with Gasteiger partial charge in [0.15, 0.2) is 0 Å². The smallest absolute Gasteiger partial charge is 0.246 e. The second-order valence-electron chi connectivity index (χ2n) is 4.27. The van der Waals surface area contributed by atoms with Crippen LogP contribution in [0.2, 0.25) is 0 Å². The second kappa shape index (κ2) is 4.99. The van der Waals surface area contributed by atoms with Crippen molar-refractivity contribution in [3.05, 3.63) is 0 Å². The molecule has 0 spiro atoms. The Labute approximate surface area is 90.1 Å². The Kier molecular flexibility index (Phi) is 4.20. The van der Waals surface area contributed by atoms with Crippen molar-refractivity contribution in [2.24, 2.45) is 5.41 Å². The molecule has 0 bridgehead atoms. The third kappa shape index (κ3) is 3.84. The third-order valence-corrected chi connectivity index (χ3v) is 3.02. The molecular weight excluding hydrogens is 202 g/mol. The predicted octanol–water partition coefficient (Wildman–Crippen LogP) is 1.55. The van der Waals surface area contributed by atoms with E-state index in [2.05, 4.69) is 5.32 Å². The molecular formula is C10H18ClNO2. The average molecular weight is 220 g/mol. The Bertz CT molecular complexity index is 202. The summed E-state index contributed by atoms with van der Waals surface area (Å²) < 4.78 is 5.18. The molecule has 1 fully saturated rings. The van der Waals surface area contributed by atoms with Gasteiger partial charge in [-0.05, 0) is 26.7 Å². The lowest BCUT2D eigenvalue weighted by Crippen LogP contribution is -2.34. The zero-order chi connectivity index (χ0) is 10.6. The highest BCUT2D eigenvalue weighted by Gasteiger charge is 2.41. The molecule has 0 saturated heterocycles. The van der Waals surface area contributed by atoms with Gasteiger partial charge in [-0.25, -0.2) is 0 Å². The monoisotopic (exact) mass is 219 g/mol. The van der Waals surface area contributed by atoms with Gasteiger partial charge < -0.3 is 10.1 Å². The number of nitrogens with one attached hydrogen (secondary N) is 1. The summed E-state index contributed by atoms with van der Waals surface area (Å²) in [6.45, 7) is 4.66. The minimum absolute atomic E-state index is 0.0462. The summed E-state index contributed by atoms with van der Waals surface area (Å²) >= 11 is 5.78. The molecule has 1 amide bonds. The van der Waals surface area contributed by atoms with Gasteiger partial charge in [0, 0.05) is 17.8 Å². The van der Waals surface area contributed by atoms with Crippen LogP contribution in [0.25, 0.3) is 0 Å². The van der Waals surface area contributed by atoms with Gasteiger partial charge in [-0.15, -0.1) is 11.6 Å². The van der Waals surface area contributed by atoms with Crippen LogP contribution in [0.5, 0.6) is 0 Å². The molecule has 0 aliphatic heterocycles. The molecule has 3 nitrogen and oxygen atoms in total. The number of carbonyl (C=O) groups excluding carboxylic acids is 1. The van der Waals surface area contributed by atoms with Crippen LogP contribution in [0.15, 0.2) is 0 Å². The van der Waals surface area contributed by atoms with Gasteiger partial charge in [0.25, 0.3) is 0 Å². The summed E-state index contributed by atoms with van der Waals surface area (Å²) in [6.07, 6.45) is 2.35. The number of hydrogen-bond acceptors (Lipinski definition) is 2. The summed E-state index contributed by atoms with van der Waals surface area (Å²) in [5.41, 5.74) is 0.190. The molecule has 1 N–H and O–H groups in total. The molecule has 0 radical (unpaired) electrons. The number of amides is 1. The highest BCUT2D eigenvalue weighted by atomic mass is 35.5. The van der Waals surface area contributed by atoms with E-state index in [4.69, 9.17) is 16.3 Å². The molecule has 1 aliphatic rings. The maximum absolute atomic E-state index is 11.3. The Morgan fingerprint density at radius 1 is 1.57 bits per heavy atom. The highest BCUT2D eigenvalue weighted by Crippen LogP contribution is 2.45. The largest absolute Gasteiger partial charge is 0.369 e. The quantitative estimate of drug-likeness (QED) is 0.689. The van der Waals surface area contributed by atoms with Crippen LogP contribution in [0.3, 0.4) is 0 Å². The highest BCUT2D eigenvalue weighted by molar-refractivity contribution is 6.18. The molecule has 0 aromatic heterocycles. The van der Waals surface area contributed by atoms with E-state index in [0.717, 1.165) is 12.8 Å². The number of ether oxygens (including phenoxy) is 1. The lowest BCUT2D eigenvalue weighted by Gasteiger charge is -2.13. The van der Waals surface area contributed by atoms with Crippen LogP contribution in [0, 0.1) is 5.41 Å². The molecule has 1 rings (SSSR count). The van der Waals surface area contributed by atoms with Crippen LogP contribution < -0.4 is 5.32 Å². The maximum atomic E-state index is 11.3. The van der Waals surface area contributed by atoms with E-state index in [0.29, 0.717) is 12.4 Å². The van der Waals surface area contributed by atoms with Gasteiger partial charge in [-0.2, -0.15) is 0 Å². The van der Waals surface area contributed by atoms with Gasteiger partial charge in [0.2, 0.25) is 5.91 Å². The van der Waals surface area contributed by atoms with Crippen molar-refractivity contribution in [1.82, 2.24) is 5.32 Å². The topological polar surface area (TPSA) is 38.3 Å². The lowest BCUT2D eigenvalue weighted by atomic mass is 10.1. The maximum Gasteiger partial charge on any atom is 0.246 e. The molecule has 0 heterocycles. The van der Waals surface area contributed by atoms with Crippen molar-refractivity contribution < 1.29 is 9.53 Å². The van der Waals surface area contributed by atoms with Crippen LogP contribution in [-0.4, -0.2) is 31.0 Å². The van der Waals surface area contributed by atoms with Gasteiger partial charge in [-0.3, -0.25) is 4.79 Å². The van der Waals surface area contributed by atoms with Gasteiger partial charge >= 0.3 is 0 Å². The summed E-state index contributed by atoms with van der Waals surface area (Å²) in [7, 11) is 0. The van der Waals surface area contributed by atoms with E-state index in [1.54, 1.807) is 0 Å². The van der Waals surface area contributed by atoms with E-state index in [9.17, 15) is 4.79 Å². The van der Waals surface area contributed by atoms with E-state index in [-0.39, 0.29) is 24.0 Å². The zero-order valence-electron chi connectivity index (χ0n) is 8.81. The Morgan fingerprint density at radius 3 is 2.64 bits per heavy atom. The van der Waals surface area contributed by atoms with E-state index in [1.165, 1.54) is 0 Å². The number of alkyl halides is 1. The van der Waals surface area contributed by atoms with Gasteiger partial charge in [-0.1, -0.05) is 0 Å². The third-order valence-electron chi connectivity index (χ3n) is 2.45.